The number of ether oxygens (including phenoxy) is 1. The van der Waals surface area contributed by atoms with Crippen LogP contribution in [0.2, 0.25) is 0 Å². The zero-order valence-electron chi connectivity index (χ0n) is 9.77. The van der Waals surface area contributed by atoms with Gasteiger partial charge in [0.25, 0.3) is 0 Å². The van der Waals surface area contributed by atoms with Crippen molar-refractivity contribution in [3.8, 4) is 0 Å². The van der Waals surface area contributed by atoms with E-state index in [4.69, 9.17) is 10.5 Å². The Morgan fingerprint density at radius 2 is 2.12 bits per heavy atom. The lowest BCUT2D eigenvalue weighted by Gasteiger charge is -2.30. The first-order valence-corrected chi connectivity index (χ1v) is 6.11. The first kappa shape index (κ1) is 11.9. The summed E-state index contributed by atoms with van der Waals surface area (Å²) in [5, 5.41) is 9.69. The Hall–Kier alpha value is -0.580. The first-order valence-electron chi connectivity index (χ1n) is 6.11. The molecule has 92 valence electrons. The summed E-state index contributed by atoms with van der Waals surface area (Å²) >= 11 is 0. The van der Waals surface area contributed by atoms with Gasteiger partial charge < -0.3 is 15.6 Å². The summed E-state index contributed by atoms with van der Waals surface area (Å²) in [5.74, 6) is 0.681. The van der Waals surface area contributed by atoms with E-state index < -0.39 is 0 Å². The average molecular weight is 226 g/mol. The highest BCUT2D eigenvalue weighted by Gasteiger charge is 2.33. The molecule has 3 N–H and O–H groups in total. The fourth-order valence-corrected chi connectivity index (χ4v) is 2.73. The molecule has 2 aliphatic rings. The van der Waals surface area contributed by atoms with E-state index in [2.05, 4.69) is 11.5 Å². The van der Waals surface area contributed by atoms with Crippen molar-refractivity contribution in [3.05, 3.63) is 12.3 Å². The van der Waals surface area contributed by atoms with E-state index >= 15 is 0 Å². The van der Waals surface area contributed by atoms with Gasteiger partial charge in [0.1, 0.15) is 0 Å². The van der Waals surface area contributed by atoms with E-state index in [9.17, 15) is 5.11 Å². The summed E-state index contributed by atoms with van der Waals surface area (Å²) in [6.45, 7) is 7.31. The number of β-amino-alcohol motifs (C(OH)–C–C–N with tert-alkyl or cyclic N) is 1. The van der Waals surface area contributed by atoms with Crippen LogP contribution in [0.25, 0.3) is 0 Å². The number of hydrogen-bond acceptors (Lipinski definition) is 4. The predicted molar refractivity (Wildman–Crippen MR) is 62.9 cm³/mol. The van der Waals surface area contributed by atoms with Crippen molar-refractivity contribution >= 4 is 0 Å². The molecule has 2 unspecified atom stereocenters. The van der Waals surface area contributed by atoms with Crippen molar-refractivity contribution in [1.82, 2.24) is 4.90 Å². The Kier molecular flexibility index (Phi) is 3.84. The van der Waals surface area contributed by atoms with Crippen LogP contribution in [0.1, 0.15) is 19.3 Å². The molecule has 2 heterocycles. The van der Waals surface area contributed by atoms with Crippen LogP contribution in [0.15, 0.2) is 12.3 Å². The van der Waals surface area contributed by atoms with Gasteiger partial charge in [0, 0.05) is 32.0 Å². The largest absolute Gasteiger partial charge is 0.401 e. The summed E-state index contributed by atoms with van der Waals surface area (Å²) in [6, 6.07) is 0.165. The smallest absolute Gasteiger partial charge is 0.0686 e. The van der Waals surface area contributed by atoms with E-state index in [0.717, 1.165) is 45.6 Å². The lowest BCUT2D eigenvalue weighted by molar-refractivity contribution is 0.0508. The van der Waals surface area contributed by atoms with Gasteiger partial charge in [-0.1, -0.05) is 6.58 Å². The van der Waals surface area contributed by atoms with Crippen LogP contribution < -0.4 is 5.73 Å². The highest BCUT2D eigenvalue weighted by molar-refractivity contribution is 5.06. The van der Waals surface area contributed by atoms with Crippen molar-refractivity contribution in [1.29, 1.82) is 0 Å². The maximum atomic E-state index is 9.69. The van der Waals surface area contributed by atoms with E-state index in [-0.39, 0.29) is 12.1 Å². The van der Waals surface area contributed by atoms with Gasteiger partial charge in [-0.15, -0.1) is 0 Å². The molecule has 0 saturated carbocycles. The van der Waals surface area contributed by atoms with E-state index in [1.54, 1.807) is 0 Å². The lowest BCUT2D eigenvalue weighted by Crippen LogP contribution is -2.38. The third-order valence-electron chi connectivity index (χ3n) is 3.64. The molecule has 0 radical (unpaired) electrons. The molecule has 0 spiro atoms. The van der Waals surface area contributed by atoms with Crippen LogP contribution in [0.3, 0.4) is 0 Å². The van der Waals surface area contributed by atoms with Crippen LogP contribution in [0.5, 0.6) is 0 Å². The Labute approximate surface area is 97.1 Å². The predicted octanol–water partition coefficient (Wildman–Crippen LogP) is 0.321. The van der Waals surface area contributed by atoms with Gasteiger partial charge in [-0.2, -0.15) is 0 Å². The van der Waals surface area contributed by atoms with Gasteiger partial charge in [-0.25, -0.2) is 0 Å². The molecule has 2 rings (SSSR count). The molecule has 0 aromatic heterocycles. The second kappa shape index (κ2) is 5.17. The zero-order chi connectivity index (χ0) is 11.5. The fraction of sp³-hybridized carbons (Fsp3) is 0.833. The topological polar surface area (TPSA) is 58.7 Å². The molecule has 4 heteroatoms. The van der Waals surface area contributed by atoms with E-state index in [0.29, 0.717) is 11.6 Å². The van der Waals surface area contributed by atoms with Gasteiger partial charge in [0.05, 0.1) is 12.1 Å². The Morgan fingerprint density at radius 3 is 2.75 bits per heavy atom. The number of nitrogens with zero attached hydrogens (tertiary/aromatic N) is 1. The monoisotopic (exact) mass is 226 g/mol. The Bertz CT molecular complexity index is 251. The molecular weight excluding hydrogens is 204 g/mol. The van der Waals surface area contributed by atoms with Crippen LogP contribution in [0, 0.1) is 5.92 Å². The summed E-state index contributed by atoms with van der Waals surface area (Å²) in [7, 11) is 0. The SMILES string of the molecule is C=C(N)C1CC(O)CN1CC1CCOCC1. The number of aliphatic hydroxyl groups is 1. The second-order valence-electron chi connectivity index (χ2n) is 4.99. The van der Waals surface area contributed by atoms with Crippen molar-refractivity contribution in [2.45, 2.75) is 31.4 Å². The van der Waals surface area contributed by atoms with Gasteiger partial charge in [-0.3, -0.25) is 4.90 Å². The normalized spacial score (nSPS) is 33.1. The van der Waals surface area contributed by atoms with E-state index in [1.165, 1.54) is 0 Å². The molecule has 0 amide bonds. The minimum absolute atomic E-state index is 0.165. The third-order valence-corrected chi connectivity index (χ3v) is 3.64. The quantitative estimate of drug-likeness (QED) is 0.727. The number of hydrogen-bond donors (Lipinski definition) is 2. The average Bonchev–Trinajstić information content (AvgIpc) is 2.61. The molecule has 0 aromatic carbocycles. The van der Waals surface area contributed by atoms with Crippen molar-refractivity contribution in [3.63, 3.8) is 0 Å². The molecule has 16 heavy (non-hydrogen) atoms. The van der Waals surface area contributed by atoms with Gasteiger partial charge in [-0.05, 0) is 25.2 Å². The molecule has 0 aliphatic carbocycles. The lowest BCUT2D eigenvalue weighted by atomic mass is 9.99. The van der Waals surface area contributed by atoms with Crippen LogP contribution >= 0.6 is 0 Å². The molecule has 0 bridgehead atoms. The van der Waals surface area contributed by atoms with Crippen LogP contribution in [0.4, 0.5) is 0 Å². The van der Waals surface area contributed by atoms with Crippen LogP contribution in [-0.4, -0.2) is 48.5 Å². The number of nitrogens with two attached hydrogens (primary N) is 1. The van der Waals surface area contributed by atoms with Crippen molar-refractivity contribution in [2.24, 2.45) is 11.7 Å². The molecular formula is C12H22N2O2. The second-order valence-corrected chi connectivity index (χ2v) is 4.99. The Balaban J connectivity index is 1.89. The highest BCUT2D eigenvalue weighted by Crippen LogP contribution is 2.25. The minimum Gasteiger partial charge on any atom is -0.401 e. The standard InChI is InChI=1S/C12H22N2O2/c1-9(13)12-6-11(15)8-14(12)7-10-2-4-16-5-3-10/h10-12,15H,1-8,13H2. The van der Waals surface area contributed by atoms with E-state index in [1.807, 2.05) is 0 Å². The minimum atomic E-state index is -0.245. The van der Waals surface area contributed by atoms with Gasteiger partial charge in [0.2, 0.25) is 0 Å². The number of likely N-dealkylation sites (tertiary alicyclic amines) is 1. The summed E-state index contributed by atoms with van der Waals surface area (Å²) in [6.07, 6.45) is 2.73. The maximum absolute atomic E-state index is 9.69. The summed E-state index contributed by atoms with van der Waals surface area (Å²) in [5.41, 5.74) is 6.47. The Morgan fingerprint density at radius 1 is 1.44 bits per heavy atom. The molecule has 0 aromatic rings. The third kappa shape index (κ3) is 2.75. The van der Waals surface area contributed by atoms with Crippen molar-refractivity contribution in [2.75, 3.05) is 26.3 Å². The first-order chi connectivity index (χ1) is 7.66. The molecule has 4 nitrogen and oxygen atoms in total. The zero-order valence-corrected chi connectivity index (χ0v) is 9.77. The molecule has 2 atom stereocenters. The molecule has 2 fully saturated rings. The molecule has 2 aliphatic heterocycles. The van der Waals surface area contributed by atoms with Gasteiger partial charge in [0.15, 0.2) is 0 Å². The maximum Gasteiger partial charge on any atom is 0.0686 e. The fourth-order valence-electron chi connectivity index (χ4n) is 2.73. The highest BCUT2D eigenvalue weighted by atomic mass is 16.5. The van der Waals surface area contributed by atoms with Gasteiger partial charge >= 0.3 is 0 Å². The summed E-state index contributed by atoms with van der Waals surface area (Å²) in [4.78, 5) is 2.28. The summed E-state index contributed by atoms with van der Waals surface area (Å²) < 4.78 is 5.35. The number of aliphatic hydroxyl groups excluding tert-OH is 1. The number of rotatable bonds is 3. The molecule has 2 saturated heterocycles. The van der Waals surface area contributed by atoms with Crippen LogP contribution in [-0.2, 0) is 4.74 Å². The van der Waals surface area contributed by atoms with Crippen molar-refractivity contribution < 1.29 is 9.84 Å².